The van der Waals surface area contributed by atoms with Crippen LogP contribution in [-0.2, 0) is 6.54 Å². The Morgan fingerprint density at radius 1 is 1.10 bits per heavy atom. The molecule has 0 saturated heterocycles. The summed E-state index contributed by atoms with van der Waals surface area (Å²) < 4.78 is 0. The number of carbonyl (C=O) groups is 1. The van der Waals surface area contributed by atoms with Crippen LogP contribution < -0.4 is 10.9 Å². The van der Waals surface area contributed by atoms with Crippen molar-refractivity contribution in [3.05, 3.63) is 70.4 Å². The molecule has 0 bridgehead atoms. The number of hydrogen-bond donors (Lipinski definition) is 2. The van der Waals surface area contributed by atoms with Gasteiger partial charge in [-0.25, -0.2) is 5.10 Å². The molecule has 104 valence electrons. The molecule has 1 aromatic carbocycles. The Labute approximate surface area is 119 Å². The highest BCUT2D eigenvalue weighted by molar-refractivity contribution is 5.94. The number of pyridine rings is 1. The lowest BCUT2D eigenvalue weighted by molar-refractivity contribution is 0.0950. The number of aromatic nitrogens is 3. The molecular weight excluding hydrogens is 268 g/mol. The fraction of sp³-hybridized carbons (Fsp3) is 0.0667. The Morgan fingerprint density at radius 3 is 2.57 bits per heavy atom. The summed E-state index contributed by atoms with van der Waals surface area (Å²) >= 11 is 0. The van der Waals surface area contributed by atoms with Gasteiger partial charge in [0.1, 0.15) is 0 Å². The van der Waals surface area contributed by atoms with Gasteiger partial charge in [0.05, 0.1) is 17.6 Å². The molecule has 0 radical (unpaired) electrons. The molecule has 1 amide bonds. The Morgan fingerprint density at radius 2 is 1.81 bits per heavy atom. The summed E-state index contributed by atoms with van der Waals surface area (Å²) in [6.07, 6.45) is 3.12. The third-order valence-corrected chi connectivity index (χ3v) is 3.13. The van der Waals surface area contributed by atoms with Gasteiger partial charge in [0.15, 0.2) is 0 Å². The van der Waals surface area contributed by atoms with Gasteiger partial charge in [0.25, 0.3) is 11.5 Å². The summed E-state index contributed by atoms with van der Waals surface area (Å²) in [6, 6.07) is 10.4. The van der Waals surface area contributed by atoms with Gasteiger partial charge >= 0.3 is 0 Å². The molecule has 0 spiro atoms. The minimum Gasteiger partial charge on any atom is -0.346 e. The van der Waals surface area contributed by atoms with Crippen LogP contribution in [0.1, 0.15) is 16.1 Å². The fourth-order valence-corrected chi connectivity index (χ4v) is 2.08. The zero-order valence-corrected chi connectivity index (χ0v) is 11.0. The third kappa shape index (κ3) is 2.64. The average Bonchev–Trinajstić information content (AvgIpc) is 2.55. The summed E-state index contributed by atoms with van der Waals surface area (Å²) in [6.45, 7) is 0.235. The average molecular weight is 280 g/mol. The Kier molecular flexibility index (Phi) is 3.42. The van der Waals surface area contributed by atoms with E-state index in [4.69, 9.17) is 0 Å². The first-order chi connectivity index (χ1) is 10.3. The molecule has 3 rings (SSSR count). The zero-order valence-electron chi connectivity index (χ0n) is 11.0. The third-order valence-electron chi connectivity index (χ3n) is 3.13. The van der Waals surface area contributed by atoms with Crippen LogP contribution in [0.25, 0.3) is 10.8 Å². The van der Waals surface area contributed by atoms with Gasteiger partial charge in [-0.1, -0.05) is 18.2 Å². The van der Waals surface area contributed by atoms with E-state index in [0.29, 0.717) is 16.6 Å². The minimum atomic E-state index is -0.241. The van der Waals surface area contributed by atoms with Gasteiger partial charge in [-0.15, -0.1) is 0 Å². The Hall–Kier alpha value is -3.02. The van der Waals surface area contributed by atoms with E-state index in [0.717, 1.165) is 5.39 Å². The van der Waals surface area contributed by atoms with Crippen molar-refractivity contribution in [2.24, 2.45) is 0 Å². The zero-order chi connectivity index (χ0) is 14.7. The van der Waals surface area contributed by atoms with Crippen LogP contribution >= 0.6 is 0 Å². The monoisotopic (exact) mass is 280 g/mol. The lowest BCUT2D eigenvalue weighted by Crippen LogP contribution is -2.24. The summed E-state index contributed by atoms with van der Waals surface area (Å²) in [5.41, 5.74) is 0.904. The molecule has 2 N–H and O–H groups in total. The van der Waals surface area contributed by atoms with Crippen LogP contribution in [0, 0.1) is 0 Å². The lowest BCUT2D eigenvalue weighted by atomic mass is 10.1. The van der Waals surface area contributed by atoms with Crippen molar-refractivity contribution in [1.29, 1.82) is 0 Å². The van der Waals surface area contributed by atoms with E-state index >= 15 is 0 Å². The van der Waals surface area contributed by atoms with E-state index in [-0.39, 0.29) is 18.0 Å². The highest BCUT2D eigenvalue weighted by Gasteiger charge is 2.08. The topological polar surface area (TPSA) is 87.7 Å². The summed E-state index contributed by atoms with van der Waals surface area (Å²) in [5, 5.41) is 10.5. The number of hydrogen-bond acceptors (Lipinski definition) is 4. The number of aromatic amines is 1. The molecule has 0 atom stereocenters. The maximum Gasteiger partial charge on any atom is 0.272 e. The highest BCUT2D eigenvalue weighted by atomic mass is 16.1. The number of H-pyrrole nitrogens is 1. The first kappa shape index (κ1) is 13.0. The second-order valence-corrected chi connectivity index (χ2v) is 4.46. The van der Waals surface area contributed by atoms with Crippen molar-refractivity contribution in [2.45, 2.75) is 6.54 Å². The molecule has 21 heavy (non-hydrogen) atoms. The summed E-state index contributed by atoms with van der Waals surface area (Å²) in [7, 11) is 0. The van der Waals surface area contributed by atoms with Crippen molar-refractivity contribution in [2.75, 3.05) is 0 Å². The molecular formula is C15H12N4O2. The number of carbonyl (C=O) groups excluding carboxylic acids is 1. The standard InChI is InChI=1S/C15H12N4O2/c20-14(10-5-7-16-8-6-10)17-9-13-11-3-1-2-4-12(11)15(21)19-18-13/h1-8H,9H2,(H,17,20)(H,19,21). The molecule has 2 heterocycles. The first-order valence-corrected chi connectivity index (χ1v) is 6.40. The van der Waals surface area contributed by atoms with Crippen molar-refractivity contribution in [1.82, 2.24) is 20.5 Å². The van der Waals surface area contributed by atoms with Gasteiger partial charge in [-0.3, -0.25) is 14.6 Å². The first-order valence-electron chi connectivity index (χ1n) is 6.40. The quantitative estimate of drug-likeness (QED) is 0.755. The van der Waals surface area contributed by atoms with Gasteiger partial charge in [0, 0.05) is 23.3 Å². The van der Waals surface area contributed by atoms with Crippen LogP contribution in [0.15, 0.2) is 53.6 Å². The van der Waals surface area contributed by atoms with Crippen LogP contribution in [-0.4, -0.2) is 21.1 Å². The minimum absolute atomic E-state index is 0.213. The largest absolute Gasteiger partial charge is 0.346 e. The van der Waals surface area contributed by atoms with E-state index in [1.54, 1.807) is 36.7 Å². The maximum atomic E-state index is 12.0. The number of amides is 1. The SMILES string of the molecule is O=C(NCc1n[nH]c(=O)c2ccccc12)c1ccncc1. The van der Waals surface area contributed by atoms with Crippen molar-refractivity contribution < 1.29 is 4.79 Å². The Bertz CT molecular complexity index is 843. The molecule has 0 aliphatic heterocycles. The van der Waals surface area contributed by atoms with Gasteiger partial charge in [-0.05, 0) is 18.2 Å². The Balaban J connectivity index is 1.85. The number of rotatable bonds is 3. The molecule has 0 saturated carbocycles. The maximum absolute atomic E-state index is 12.0. The van der Waals surface area contributed by atoms with E-state index in [1.807, 2.05) is 12.1 Å². The van der Waals surface area contributed by atoms with Gasteiger partial charge in [-0.2, -0.15) is 5.10 Å². The second-order valence-electron chi connectivity index (χ2n) is 4.46. The number of benzene rings is 1. The molecule has 0 fully saturated rings. The normalized spacial score (nSPS) is 10.5. The highest BCUT2D eigenvalue weighted by Crippen LogP contribution is 2.12. The van der Waals surface area contributed by atoms with Crippen LogP contribution in [0.3, 0.4) is 0 Å². The van der Waals surface area contributed by atoms with Crippen molar-refractivity contribution in [3.63, 3.8) is 0 Å². The van der Waals surface area contributed by atoms with Crippen LogP contribution in [0.2, 0.25) is 0 Å². The molecule has 6 nitrogen and oxygen atoms in total. The van der Waals surface area contributed by atoms with Crippen molar-refractivity contribution in [3.8, 4) is 0 Å². The number of fused-ring (bicyclic) bond motifs is 1. The molecule has 0 aliphatic carbocycles. The van der Waals surface area contributed by atoms with E-state index in [9.17, 15) is 9.59 Å². The predicted octanol–water partition coefficient (Wildman–Crippen LogP) is 1.25. The predicted molar refractivity (Wildman–Crippen MR) is 77.8 cm³/mol. The van der Waals surface area contributed by atoms with E-state index in [2.05, 4.69) is 20.5 Å². The smallest absolute Gasteiger partial charge is 0.272 e. The number of nitrogens with zero attached hydrogens (tertiary/aromatic N) is 2. The molecule has 2 aromatic heterocycles. The van der Waals surface area contributed by atoms with Gasteiger partial charge in [0.2, 0.25) is 0 Å². The van der Waals surface area contributed by atoms with Gasteiger partial charge < -0.3 is 5.32 Å². The molecule has 6 heteroatoms. The fourth-order valence-electron chi connectivity index (χ4n) is 2.08. The lowest BCUT2D eigenvalue weighted by Gasteiger charge is -2.06. The van der Waals surface area contributed by atoms with Crippen LogP contribution in [0.5, 0.6) is 0 Å². The molecule has 0 aliphatic rings. The van der Waals surface area contributed by atoms with E-state index < -0.39 is 0 Å². The van der Waals surface area contributed by atoms with Crippen LogP contribution in [0.4, 0.5) is 0 Å². The molecule has 0 unspecified atom stereocenters. The summed E-state index contributed by atoms with van der Waals surface area (Å²) in [4.78, 5) is 27.5. The summed E-state index contributed by atoms with van der Waals surface area (Å²) in [5.74, 6) is -0.213. The van der Waals surface area contributed by atoms with Crippen molar-refractivity contribution >= 4 is 16.7 Å². The second kappa shape index (κ2) is 5.54. The van der Waals surface area contributed by atoms with E-state index in [1.165, 1.54) is 0 Å². The number of nitrogens with one attached hydrogen (secondary N) is 2. The molecule has 3 aromatic rings.